The number of rotatable bonds is 5. The summed E-state index contributed by atoms with van der Waals surface area (Å²) in [6, 6.07) is 5.58. The molecule has 0 saturated heterocycles. The second-order valence-electron chi connectivity index (χ2n) is 4.43. The minimum Gasteiger partial charge on any atom is -0.340 e. The number of nitrogens with one attached hydrogen (secondary N) is 1. The number of benzene rings is 1. The summed E-state index contributed by atoms with van der Waals surface area (Å²) in [5.74, 6) is 0. The van der Waals surface area contributed by atoms with Gasteiger partial charge in [-0.15, -0.1) is 0 Å². The first-order chi connectivity index (χ1) is 10.2. The van der Waals surface area contributed by atoms with Crippen LogP contribution < -0.4 is 0 Å². The van der Waals surface area contributed by atoms with E-state index in [2.05, 4.69) is 15.0 Å². The van der Waals surface area contributed by atoms with E-state index in [1.807, 2.05) is 22.9 Å². The molecule has 2 aromatic heterocycles. The summed E-state index contributed by atoms with van der Waals surface area (Å²) in [5.41, 5.74) is 1.02. The molecule has 3 rings (SSSR count). The van der Waals surface area contributed by atoms with Gasteiger partial charge in [-0.3, -0.25) is 0 Å². The van der Waals surface area contributed by atoms with E-state index in [1.165, 1.54) is 0 Å². The molecule has 4 nitrogen and oxygen atoms in total. The SMILES string of the molecule is Clc1ccc(C(Cn2ccnc2)Sc2ncc[nH]2)c(Cl)c1. The molecule has 108 valence electrons. The molecule has 1 N–H and O–H groups in total. The van der Waals surface area contributed by atoms with Crippen molar-refractivity contribution in [3.05, 3.63) is 64.9 Å². The number of aromatic nitrogens is 4. The van der Waals surface area contributed by atoms with Crippen molar-refractivity contribution >= 4 is 35.0 Å². The Morgan fingerprint density at radius 2 is 2.19 bits per heavy atom. The molecule has 0 bridgehead atoms. The van der Waals surface area contributed by atoms with Gasteiger partial charge in [-0.25, -0.2) is 9.97 Å². The number of imidazole rings is 2. The lowest BCUT2D eigenvalue weighted by Gasteiger charge is -2.18. The van der Waals surface area contributed by atoms with Crippen LogP contribution in [0.25, 0.3) is 0 Å². The molecule has 0 saturated carbocycles. The molecule has 1 aromatic carbocycles. The largest absolute Gasteiger partial charge is 0.340 e. The van der Waals surface area contributed by atoms with Gasteiger partial charge in [0.1, 0.15) is 0 Å². The van der Waals surface area contributed by atoms with Crippen LogP contribution in [0.5, 0.6) is 0 Å². The van der Waals surface area contributed by atoms with Crippen LogP contribution in [-0.2, 0) is 6.54 Å². The molecular formula is C14H12Cl2N4S. The second kappa shape index (κ2) is 6.56. The van der Waals surface area contributed by atoms with Crippen molar-refractivity contribution in [3.8, 4) is 0 Å². The number of hydrogen-bond acceptors (Lipinski definition) is 3. The molecule has 0 radical (unpaired) electrons. The summed E-state index contributed by atoms with van der Waals surface area (Å²) in [4.78, 5) is 11.5. The minimum atomic E-state index is 0.107. The van der Waals surface area contributed by atoms with Crippen molar-refractivity contribution in [2.45, 2.75) is 17.0 Å². The average Bonchev–Trinajstić information content (AvgIpc) is 3.11. The summed E-state index contributed by atoms with van der Waals surface area (Å²) in [5, 5.41) is 2.25. The van der Waals surface area contributed by atoms with E-state index < -0.39 is 0 Å². The number of hydrogen-bond donors (Lipinski definition) is 1. The van der Waals surface area contributed by atoms with Crippen LogP contribution in [0.1, 0.15) is 10.8 Å². The van der Waals surface area contributed by atoms with E-state index in [0.29, 0.717) is 10.0 Å². The first-order valence-electron chi connectivity index (χ1n) is 6.29. The molecule has 0 fully saturated rings. The summed E-state index contributed by atoms with van der Waals surface area (Å²) in [6.45, 7) is 0.743. The topological polar surface area (TPSA) is 46.5 Å². The first-order valence-corrected chi connectivity index (χ1v) is 7.92. The smallest absolute Gasteiger partial charge is 0.165 e. The van der Waals surface area contributed by atoms with Gasteiger partial charge in [0.05, 0.1) is 11.6 Å². The van der Waals surface area contributed by atoms with E-state index in [4.69, 9.17) is 23.2 Å². The summed E-state index contributed by atoms with van der Waals surface area (Å²) >= 11 is 14.0. The van der Waals surface area contributed by atoms with Crippen molar-refractivity contribution in [2.75, 3.05) is 0 Å². The van der Waals surface area contributed by atoms with E-state index in [1.54, 1.807) is 42.7 Å². The lowest BCUT2D eigenvalue weighted by Crippen LogP contribution is -2.06. The van der Waals surface area contributed by atoms with E-state index >= 15 is 0 Å². The fourth-order valence-electron chi connectivity index (χ4n) is 2.00. The third-order valence-electron chi connectivity index (χ3n) is 2.97. The van der Waals surface area contributed by atoms with Crippen molar-refractivity contribution in [2.24, 2.45) is 0 Å². The number of thioether (sulfide) groups is 1. The maximum atomic E-state index is 6.35. The van der Waals surface area contributed by atoms with Gasteiger partial charge in [-0.2, -0.15) is 0 Å². The highest BCUT2D eigenvalue weighted by molar-refractivity contribution is 7.99. The highest BCUT2D eigenvalue weighted by Crippen LogP contribution is 2.38. The quantitative estimate of drug-likeness (QED) is 0.699. The normalized spacial score (nSPS) is 12.5. The van der Waals surface area contributed by atoms with Crippen LogP contribution in [0.3, 0.4) is 0 Å². The molecule has 2 heterocycles. The predicted octanol–water partition coefficient (Wildman–Crippen LogP) is 4.45. The summed E-state index contributed by atoms with van der Waals surface area (Å²) < 4.78 is 2.02. The van der Waals surface area contributed by atoms with Gasteiger partial charge in [-0.1, -0.05) is 41.0 Å². The van der Waals surface area contributed by atoms with E-state index in [0.717, 1.165) is 17.3 Å². The van der Waals surface area contributed by atoms with Crippen LogP contribution in [0, 0.1) is 0 Å². The Morgan fingerprint density at radius 3 is 2.86 bits per heavy atom. The Hall–Kier alpha value is -1.43. The zero-order valence-corrected chi connectivity index (χ0v) is 13.2. The van der Waals surface area contributed by atoms with Crippen LogP contribution in [0.4, 0.5) is 0 Å². The third kappa shape index (κ3) is 3.61. The average molecular weight is 339 g/mol. The maximum Gasteiger partial charge on any atom is 0.165 e. The monoisotopic (exact) mass is 338 g/mol. The highest BCUT2D eigenvalue weighted by atomic mass is 35.5. The number of aromatic amines is 1. The fraction of sp³-hybridized carbons (Fsp3) is 0.143. The Bertz CT molecular complexity index is 662. The molecule has 3 aromatic rings. The van der Waals surface area contributed by atoms with Crippen molar-refractivity contribution < 1.29 is 0 Å². The molecule has 0 aliphatic heterocycles. The van der Waals surface area contributed by atoms with Gasteiger partial charge in [0.25, 0.3) is 0 Å². The van der Waals surface area contributed by atoms with Crippen molar-refractivity contribution in [1.29, 1.82) is 0 Å². The molecule has 1 unspecified atom stereocenters. The molecular weight excluding hydrogens is 327 g/mol. The van der Waals surface area contributed by atoms with Crippen LogP contribution in [0.2, 0.25) is 10.0 Å². The molecule has 0 aliphatic carbocycles. The highest BCUT2D eigenvalue weighted by Gasteiger charge is 2.18. The Labute approximate surface area is 136 Å². The zero-order valence-electron chi connectivity index (χ0n) is 10.9. The molecule has 21 heavy (non-hydrogen) atoms. The van der Waals surface area contributed by atoms with Gasteiger partial charge in [0.2, 0.25) is 0 Å². The first kappa shape index (κ1) is 14.5. The molecule has 0 aliphatic rings. The second-order valence-corrected chi connectivity index (χ2v) is 6.46. The van der Waals surface area contributed by atoms with E-state index in [-0.39, 0.29) is 5.25 Å². The summed E-state index contributed by atoms with van der Waals surface area (Å²) in [6.07, 6.45) is 9.03. The Morgan fingerprint density at radius 1 is 1.29 bits per heavy atom. The van der Waals surface area contributed by atoms with Crippen molar-refractivity contribution in [3.63, 3.8) is 0 Å². The van der Waals surface area contributed by atoms with Gasteiger partial charge < -0.3 is 9.55 Å². The Kier molecular flexibility index (Phi) is 4.53. The lowest BCUT2D eigenvalue weighted by atomic mass is 10.1. The zero-order chi connectivity index (χ0) is 14.7. The van der Waals surface area contributed by atoms with Crippen molar-refractivity contribution in [1.82, 2.24) is 19.5 Å². The minimum absolute atomic E-state index is 0.107. The molecule has 0 amide bonds. The molecule has 7 heteroatoms. The fourth-order valence-corrected chi connectivity index (χ4v) is 3.71. The van der Waals surface area contributed by atoms with E-state index in [9.17, 15) is 0 Å². The standard InChI is InChI=1S/C14H12Cl2N4S/c15-10-1-2-11(12(16)7-10)13(8-20-6-5-17-9-20)21-14-18-3-4-19-14/h1-7,9,13H,8H2,(H,18,19). The molecule has 1 atom stereocenters. The lowest BCUT2D eigenvalue weighted by molar-refractivity contribution is 0.682. The van der Waals surface area contributed by atoms with Crippen LogP contribution in [-0.4, -0.2) is 19.5 Å². The van der Waals surface area contributed by atoms with Gasteiger partial charge in [-0.05, 0) is 17.7 Å². The third-order valence-corrected chi connectivity index (χ3v) is 4.67. The Balaban J connectivity index is 1.90. The number of H-pyrrole nitrogens is 1. The van der Waals surface area contributed by atoms with Gasteiger partial charge in [0, 0.05) is 41.4 Å². The predicted molar refractivity (Wildman–Crippen MR) is 85.9 cm³/mol. The van der Waals surface area contributed by atoms with Crippen LogP contribution in [0.15, 0.2) is 54.5 Å². The number of nitrogens with zero attached hydrogens (tertiary/aromatic N) is 3. The van der Waals surface area contributed by atoms with Gasteiger partial charge in [0.15, 0.2) is 5.16 Å². The maximum absolute atomic E-state index is 6.35. The summed E-state index contributed by atoms with van der Waals surface area (Å²) in [7, 11) is 0. The number of halogens is 2. The molecule has 0 spiro atoms. The van der Waals surface area contributed by atoms with Crippen LogP contribution >= 0.6 is 35.0 Å². The van der Waals surface area contributed by atoms with Gasteiger partial charge >= 0.3 is 0 Å².